The average Bonchev–Trinajstić information content (AvgIpc) is 2.15. The topological polar surface area (TPSA) is 65.3 Å². The standard InChI is InChI=1S/C8H8N2O3/c1-13-8-7(3-2-5-9-8)4-6-10(11)12/h2-6H,1H3. The van der Waals surface area contributed by atoms with Crippen LogP contribution in [0.15, 0.2) is 24.5 Å². The lowest BCUT2D eigenvalue weighted by molar-refractivity contribution is -0.400. The molecule has 68 valence electrons. The summed E-state index contributed by atoms with van der Waals surface area (Å²) in [5, 5.41) is 10.0. The number of hydrogen-bond donors (Lipinski definition) is 0. The van der Waals surface area contributed by atoms with E-state index in [0.717, 1.165) is 6.20 Å². The van der Waals surface area contributed by atoms with Crippen molar-refractivity contribution in [3.8, 4) is 5.88 Å². The highest BCUT2D eigenvalue weighted by molar-refractivity contribution is 5.53. The first-order chi connectivity index (χ1) is 6.24. The van der Waals surface area contributed by atoms with Crippen LogP contribution in [-0.4, -0.2) is 17.0 Å². The smallest absolute Gasteiger partial charge is 0.235 e. The Labute approximate surface area is 74.8 Å². The summed E-state index contributed by atoms with van der Waals surface area (Å²) in [5.41, 5.74) is 0.585. The van der Waals surface area contributed by atoms with Crippen LogP contribution in [-0.2, 0) is 0 Å². The summed E-state index contributed by atoms with van der Waals surface area (Å²) in [6.45, 7) is 0. The van der Waals surface area contributed by atoms with Crippen molar-refractivity contribution in [2.75, 3.05) is 7.11 Å². The van der Waals surface area contributed by atoms with Crippen molar-refractivity contribution in [1.82, 2.24) is 4.98 Å². The van der Waals surface area contributed by atoms with E-state index >= 15 is 0 Å². The molecule has 0 radical (unpaired) electrons. The third-order valence-corrected chi connectivity index (χ3v) is 1.37. The minimum Gasteiger partial charge on any atom is -0.481 e. The molecular formula is C8H8N2O3. The lowest BCUT2D eigenvalue weighted by Gasteiger charge is -1.99. The molecule has 0 atom stereocenters. The maximum absolute atomic E-state index is 10.0. The van der Waals surface area contributed by atoms with Crippen LogP contribution in [0.2, 0.25) is 0 Å². The predicted molar refractivity (Wildman–Crippen MR) is 46.8 cm³/mol. The van der Waals surface area contributed by atoms with Gasteiger partial charge in [0.05, 0.1) is 12.0 Å². The number of pyridine rings is 1. The van der Waals surface area contributed by atoms with Crippen molar-refractivity contribution in [2.24, 2.45) is 0 Å². The van der Waals surface area contributed by atoms with Crippen LogP contribution >= 0.6 is 0 Å². The normalized spacial score (nSPS) is 10.2. The fraction of sp³-hybridized carbons (Fsp3) is 0.125. The van der Waals surface area contributed by atoms with Gasteiger partial charge in [0, 0.05) is 17.8 Å². The van der Waals surface area contributed by atoms with Crippen LogP contribution in [0.1, 0.15) is 5.56 Å². The molecule has 0 saturated heterocycles. The van der Waals surface area contributed by atoms with E-state index in [9.17, 15) is 10.1 Å². The van der Waals surface area contributed by atoms with E-state index in [4.69, 9.17) is 4.74 Å². The van der Waals surface area contributed by atoms with Crippen molar-refractivity contribution in [2.45, 2.75) is 0 Å². The van der Waals surface area contributed by atoms with Crippen molar-refractivity contribution in [3.05, 3.63) is 40.2 Å². The van der Waals surface area contributed by atoms with E-state index < -0.39 is 4.92 Å². The minimum absolute atomic E-state index is 0.376. The highest BCUT2D eigenvalue weighted by Crippen LogP contribution is 2.14. The molecule has 0 aliphatic carbocycles. The number of ether oxygens (including phenoxy) is 1. The Morgan fingerprint density at radius 1 is 1.69 bits per heavy atom. The van der Waals surface area contributed by atoms with Gasteiger partial charge in [0.2, 0.25) is 12.1 Å². The number of rotatable bonds is 3. The lowest BCUT2D eigenvalue weighted by Crippen LogP contribution is -1.90. The van der Waals surface area contributed by atoms with Crippen LogP contribution in [0.25, 0.3) is 6.08 Å². The number of nitro groups is 1. The molecule has 0 unspecified atom stereocenters. The van der Waals surface area contributed by atoms with E-state index in [2.05, 4.69) is 4.98 Å². The van der Waals surface area contributed by atoms with Gasteiger partial charge in [-0.05, 0) is 12.1 Å². The molecule has 5 nitrogen and oxygen atoms in total. The van der Waals surface area contributed by atoms with E-state index in [1.807, 2.05) is 0 Å². The van der Waals surface area contributed by atoms with Gasteiger partial charge in [0.15, 0.2) is 0 Å². The predicted octanol–water partition coefficient (Wildman–Crippen LogP) is 1.34. The molecule has 1 heterocycles. The van der Waals surface area contributed by atoms with Crippen molar-refractivity contribution in [1.29, 1.82) is 0 Å². The van der Waals surface area contributed by atoms with E-state index in [-0.39, 0.29) is 0 Å². The molecule has 1 rings (SSSR count). The Hall–Kier alpha value is -1.91. The third kappa shape index (κ3) is 2.55. The van der Waals surface area contributed by atoms with Gasteiger partial charge >= 0.3 is 0 Å². The largest absolute Gasteiger partial charge is 0.481 e. The number of nitrogens with zero attached hydrogens (tertiary/aromatic N) is 2. The third-order valence-electron chi connectivity index (χ3n) is 1.37. The zero-order valence-electron chi connectivity index (χ0n) is 7.01. The second-order valence-electron chi connectivity index (χ2n) is 2.20. The van der Waals surface area contributed by atoms with E-state index in [1.54, 1.807) is 18.3 Å². The maximum atomic E-state index is 10.0. The molecular weight excluding hydrogens is 172 g/mol. The molecule has 1 aromatic heterocycles. The second kappa shape index (κ2) is 4.20. The molecule has 5 heteroatoms. The molecule has 0 aromatic carbocycles. The van der Waals surface area contributed by atoms with Crippen molar-refractivity contribution < 1.29 is 9.66 Å². The zero-order chi connectivity index (χ0) is 9.68. The zero-order valence-corrected chi connectivity index (χ0v) is 7.01. The Morgan fingerprint density at radius 3 is 3.08 bits per heavy atom. The molecule has 0 N–H and O–H groups in total. The van der Waals surface area contributed by atoms with Gasteiger partial charge in [-0.2, -0.15) is 0 Å². The summed E-state index contributed by atoms with van der Waals surface area (Å²) < 4.78 is 4.89. The first-order valence-electron chi connectivity index (χ1n) is 3.54. The van der Waals surface area contributed by atoms with E-state index in [0.29, 0.717) is 11.4 Å². The lowest BCUT2D eigenvalue weighted by atomic mass is 10.2. The van der Waals surface area contributed by atoms with Crippen molar-refractivity contribution in [3.63, 3.8) is 0 Å². The second-order valence-corrected chi connectivity index (χ2v) is 2.20. The molecule has 13 heavy (non-hydrogen) atoms. The van der Waals surface area contributed by atoms with Crippen molar-refractivity contribution >= 4 is 6.08 Å². The fourth-order valence-corrected chi connectivity index (χ4v) is 0.842. The molecule has 0 aliphatic heterocycles. The number of methoxy groups -OCH3 is 1. The summed E-state index contributed by atoms with van der Waals surface area (Å²) in [4.78, 5) is 13.4. The Bertz CT molecular complexity index is 336. The highest BCUT2D eigenvalue weighted by Gasteiger charge is 1.99. The molecule has 0 fully saturated rings. The average molecular weight is 180 g/mol. The molecule has 0 aliphatic rings. The van der Waals surface area contributed by atoms with E-state index in [1.165, 1.54) is 13.2 Å². The SMILES string of the molecule is COc1ncccc1C=C[N+](=O)[O-]. The molecule has 0 bridgehead atoms. The summed E-state index contributed by atoms with van der Waals surface area (Å²) in [6, 6.07) is 3.37. The Balaban J connectivity index is 2.93. The van der Waals surface area contributed by atoms with Gasteiger partial charge < -0.3 is 4.74 Å². The number of aromatic nitrogens is 1. The molecule has 0 amide bonds. The van der Waals surface area contributed by atoms with Crippen LogP contribution in [0, 0.1) is 10.1 Å². The van der Waals surface area contributed by atoms with Gasteiger partial charge in [-0.15, -0.1) is 0 Å². The summed E-state index contributed by atoms with van der Waals surface area (Å²) >= 11 is 0. The quantitative estimate of drug-likeness (QED) is 0.520. The Morgan fingerprint density at radius 2 is 2.46 bits per heavy atom. The molecule has 0 spiro atoms. The molecule has 1 aromatic rings. The summed E-state index contributed by atoms with van der Waals surface area (Å²) in [6.07, 6.45) is 3.74. The van der Waals surface area contributed by atoms with Gasteiger partial charge in [-0.3, -0.25) is 10.1 Å². The van der Waals surface area contributed by atoms with Crippen LogP contribution in [0.5, 0.6) is 5.88 Å². The summed E-state index contributed by atoms with van der Waals surface area (Å²) in [7, 11) is 1.46. The monoisotopic (exact) mass is 180 g/mol. The first-order valence-corrected chi connectivity index (χ1v) is 3.54. The van der Waals surface area contributed by atoms with Gasteiger partial charge in [0.1, 0.15) is 0 Å². The highest BCUT2D eigenvalue weighted by atomic mass is 16.6. The Kier molecular flexibility index (Phi) is 2.97. The van der Waals surface area contributed by atoms with Crippen LogP contribution < -0.4 is 4.74 Å². The fourth-order valence-electron chi connectivity index (χ4n) is 0.842. The molecule has 0 saturated carbocycles. The first kappa shape index (κ1) is 9.18. The van der Waals surface area contributed by atoms with Gasteiger partial charge in [-0.25, -0.2) is 4.98 Å². The van der Waals surface area contributed by atoms with Gasteiger partial charge in [-0.1, -0.05) is 0 Å². The minimum atomic E-state index is -0.535. The van der Waals surface area contributed by atoms with Crippen LogP contribution in [0.4, 0.5) is 0 Å². The maximum Gasteiger partial charge on any atom is 0.235 e. The van der Waals surface area contributed by atoms with Crippen LogP contribution in [0.3, 0.4) is 0 Å². The summed E-state index contributed by atoms with van der Waals surface area (Å²) in [5.74, 6) is 0.376. The number of hydrogen-bond acceptors (Lipinski definition) is 4. The van der Waals surface area contributed by atoms with Gasteiger partial charge in [0.25, 0.3) is 0 Å².